The van der Waals surface area contributed by atoms with Gasteiger partial charge in [0, 0.05) is 30.9 Å². The summed E-state index contributed by atoms with van der Waals surface area (Å²) < 4.78 is 1.98. The molecule has 0 fully saturated rings. The average Bonchev–Trinajstić information content (AvgIpc) is 2.78. The fourth-order valence-electron chi connectivity index (χ4n) is 1.74. The van der Waals surface area contributed by atoms with Crippen LogP contribution < -0.4 is 0 Å². The summed E-state index contributed by atoms with van der Waals surface area (Å²) >= 11 is 0. The van der Waals surface area contributed by atoms with Crippen molar-refractivity contribution in [1.82, 2.24) is 9.55 Å². The number of benzene rings is 1. The summed E-state index contributed by atoms with van der Waals surface area (Å²) in [4.78, 5) is 14.8. The van der Waals surface area contributed by atoms with Gasteiger partial charge in [-0.25, -0.2) is 4.98 Å². The number of imidazole rings is 1. The lowest BCUT2D eigenvalue weighted by Gasteiger charge is -2.06. The molecule has 1 N–H and O–H groups in total. The Balaban J connectivity index is 2.10. The van der Waals surface area contributed by atoms with Crippen LogP contribution in [0.25, 0.3) is 11.4 Å². The number of hydrogen-bond acceptors (Lipinski definition) is 2. The molecule has 0 aliphatic heterocycles. The molecule has 0 aliphatic carbocycles. The summed E-state index contributed by atoms with van der Waals surface area (Å²) in [7, 11) is 0. The maximum atomic E-state index is 10.5. The fourth-order valence-corrected chi connectivity index (χ4v) is 1.74. The van der Waals surface area contributed by atoms with E-state index in [2.05, 4.69) is 4.98 Å². The third-order valence-electron chi connectivity index (χ3n) is 2.54. The molecule has 0 saturated carbocycles. The van der Waals surface area contributed by atoms with Crippen LogP contribution in [0.1, 0.15) is 12.8 Å². The average molecular weight is 230 g/mol. The molecule has 4 nitrogen and oxygen atoms in total. The molecule has 88 valence electrons. The highest BCUT2D eigenvalue weighted by Gasteiger charge is 2.05. The molecule has 1 aromatic heterocycles. The van der Waals surface area contributed by atoms with Crippen LogP contribution >= 0.6 is 0 Å². The van der Waals surface area contributed by atoms with E-state index in [9.17, 15) is 4.79 Å². The van der Waals surface area contributed by atoms with Gasteiger partial charge in [-0.2, -0.15) is 0 Å². The Bertz CT molecular complexity index is 491. The third kappa shape index (κ3) is 2.93. The van der Waals surface area contributed by atoms with E-state index >= 15 is 0 Å². The largest absolute Gasteiger partial charge is 0.481 e. The molecular formula is C13H14N2O2. The molecule has 0 saturated heterocycles. The number of nitrogens with zero attached hydrogens (tertiary/aromatic N) is 2. The lowest BCUT2D eigenvalue weighted by molar-refractivity contribution is -0.137. The van der Waals surface area contributed by atoms with E-state index in [4.69, 9.17) is 5.11 Å². The second-order valence-electron chi connectivity index (χ2n) is 3.81. The van der Waals surface area contributed by atoms with E-state index in [1.165, 1.54) is 0 Å². The highest BCUT2D eigenvalue weighted by molar-refractivity contribution is 5.66. The van der Waals surface area contributed by atoms with Crippen molar-refractivity contribution >= 4 is 5.97 Å². The van der Waals surface area contributed by atoms with Crippen LogP contribution in [0.15, 0.2) is 42.7 Å². The van der Waals surface area contributed by atoms with Crippen molar-refractivity contribution in [2.24, 2.45) is 0 Å². The molecular weight excluding hydrogens is 216 g/mol. The summed E-state index contributed by atoms with van der Waals surface area (Å²) in [6.07, 6.45) is 4.42. The number of hydrogen-bond donors (Lipinski definition) is 1. The second-order valence-corrected chi connectivity index (χ2v) is 3.81. The molecule has 2 rings (SSSR count). The first-order chi connectivity index (χ1) is 8.27. The Kier molecular flexibility index (Phi) is 3.55. The molecule has 17 heavy (non-hydrogen) atoms. The topological polar surface area (TPSA) is 55.1 Å². The number of carboxylic acids is 1. The van der Waals surface area contributed by atoms with Gasteiger partial charge in [0.05, 0.1) is 0 Å². The van der Waals surface area contributed by atoms with Crippen molar-refractivity contribution in [2.75, 3.05) is 0 Å². The molecule has 0 radical (unpaired) electrons. The van der Waals surface area contributed by atoms with Crippen molar-refractivity contribution in [3.8, 4) is 11.4 Å². The van der Waals surface area contributed by atoms with Crippen molar-refractivity contribution in [3.63, 3.8) is 0 Å². The van der Waals surface area contributed by atoms with Crippen LogP contribution in [0.5, 0.6) is 0 Å². The minimum absolute atomic E-state index is 0.187. The second kappa shape index (κ2) is 5.30. The molecule has 4 heteroatoms. The van der Waals surface area contributed by atoms with Crippen LogP contribution in [0.2, 0.25) is 0 Å². The first-order valence-electron chi connectivity index (χ1n) is 5.56. The number of aryl methyl sites for hydroxylation is 1. The molecule has 0 atom stereocenters. The summed E-state index contributed by atoms with van der Waals surface area (Å²) in [5, 5.41) is 8.60. The van der Waals surface area contributed by atoms with E-state index in [1.807, 2.05) is 41.1 Å². The van der Waals surface area contributed by atoms with Crippen molar-refractivity contribution in [3.05, 3.63) is 42.7 Å². The summed E-state index contributed by atoms with van der Waals surface area (Å²) in [5.74, 6) is 0.127. The van der Waals surface area contributed by atoms with E-state index in [0.717, 1.165) is 11.4 Å². The van der Waals surface area contributed by atoms with Gasteiger partial charge in [0.1, 0.15) is 5.82 Å². The first-order valence-corrected chi connectivity index (χ1v) is 5.56. The maximum absolute atomic E-state index is 10.5. The predicted octanol–water partition coefficient (Wildman–Crippen LogP) is 2.41. The minimum Gasteiger partial charge on any atom is -0.481 e. The van der Waals surface area contributed by atoms with Gasteiger partial charge in [-0.1, -0.05) is 30.3 Å². The fraction of sp³-hybridized carbons (Fsp3) is 0.231. The smallest absolute Gasteiger partial charge is 0.303 e. The lowest BCUT2D eigenvalue weighted by Crippen LogP contribution is -2.02. The van der Waals surface area contributed by atoms with E-state index in [-0.39, 0.29) is 6.42 Å². The normalized spacial score (nSPS) is 10.4. The van der Waals surface area contributed by atoms with Crippen LogP contribution in [-0.4, -0.2) is 20.6 Å². The van der Waals surface area contributed by atoms with Crippen LogP contribution in [0.4, 0.5) is 0 Å². The maximum Gasteiger partial charge on any atom is 0.303 e. The van der Waals surface area contributed by atoms with Gasteiger partial charge in [0.25, 0.3) is 0 Å². The van der Waals surface area contributed by atoms with Crippen LogP contribution in [0, 0.1) is 0 Å². The van der Waals surface area contributed by atoms with Crippen molar-refractivity contribution < 1.29 is 9.90 Å². The lowest BCUT2D eigenvalue weighted by atomic mass is 10.2. The zero-order valence-electron chi connectivity index (χ0n) is 9.41. The first kappa shape index (κ1) is 11.4. The quantitative estimate of drug-likeness (QED) is 0.858. The zero-order chi connectivity index (χ0) is 12.1. The number of carboxylic acid groups (broad SMARTS) is 1. The number of rotatable bonds is 5. The van der Waals surface area contributed by atoms with Gasteiger partial charge in [0.15, 0.2) is 0 Å². The van der Waals surface area contributed by atoms with Gasteiger partial charge in [-0.3, -0.25) is 4.79 Å². The molecule has 0 amide bonds. The van der Waals surface area contributed by atoms with Gasteiger partial charge < -0.3 is 9.67 Å². The Morgan fingerprint density at radius 1 is 1.29 bits per heavy atom. The van der Waals surface area contributed by atoms with Crippen molar-refractivity contribution in [1.29, 1.82) is 0 Å². The third-order valence-corrected chi connectivity index (χ3v) is 2.54. The molecule has 1 aromatic carbocycles. The summed E-state index contributed by atoms with van der Waals surface area (Å²) in [6.45, 7) is 0.677. The molecule has 0 bridgehead atoms. The van der Waals surface area contributed by atoms with E-state index in [0.29, 0.717) is 13.0 Å². The van der Waals surface area contributed by atoms with Crippen molar-refractivity contribution in [2.45, 2.75) is 19.4 Å². The van der Waals surface area contributed by atoms with Gasteiger partial charge in [-0.05, 0) is 6.42 Å². The predicted molar refractivity (Wildman–Crippen MR) is 64.5 cm³/mol. The van der Waals surface area contributed by atoms with E-state index in [1.54, 1.807) is 6.20 Å². The van der Waals surface area contributed by atoms with E-state index < -0.39 is 5.97 Å². The zero-order valence-corrected chi connectivity index (χ0v) is 9.41. The highest BCUT2D eigenvalue weighted by atomic mass is 16.4. The number of aromatic nitrogens is 2. The van der Waals surface area contributed by atoms with Crippen LogP contribution in [-0.2, 0) is 11.3 Å². The number of carbonyl (C=O) groups is 1. The Morgan fingerprint density at radius 3 is 2.76 bits per heavy atom. The molecule has 0 spiro atoms. The monoisotopic (exact) mass is 230 g/mol. The van der Waals surface area contributed by atoms with Gasteiger partial charge in [0.2, 0.25) is 0 Å². The van der Waals surface area contributed by atoms with Gasteiger partial charge in [-0.15, -0.1) is 0 Å². The molecule has 0 unspecified atom stereocenters. The summed E-state index contributed by atoms with van der Waals surface area (Å²) in [5.41, 5.74) is 1.05. The van der Waals surface area contributed by atoms with Crippen LogP contribution in [0.3, 0.4) is 0 Å². The summed E-state index contributed by atoms with van der Waals surface area (Å²) in [6, 6.07) is 9.88. The SMILES string of the molecule is O=C(O)CCCn1ccnc1-c1ccccc1. The Hall–Kier alpha value is -2.10. The molecule has 2 aromatic rings. The highest BCUT2D eigenvalue weighted by Crippen LogP contribution is 2.17. The Labute approximate surface area is 99.5 Å². The standard InChI is InChI=1S/C13H14N2O2/c16-12(17)7-4-9-15-10-8-14-13(15)11-5-2-1-3-6-11/h1-3,5-6,8,10H,4,7,9H2,(H,16,17). The van der Waals surface area contributed by atoms with Gasteiger partial charge >= 0.3 is 5.97 Å². The number of aliphatic carboxylic acids is 1. The minimum atomic E-state index is -0.758. The molecule has 1 heterocycles. The Morgan fingerprint density at radius 2 is 2.06 bits per heavy atom. The molecule has 0 aliphatic rings.